The number of carbonyl (C=O) groups excluding carboxylic acids is 1. The minimum absolute atomic E-state index is 0.0333. The van der Waals surface area contributed by atoms with Gasteiger partial charge >= 0.3 is 0 Å². The van der Waals surface area contributed by atoms with Crippen molar-refractivity contribution < 1.29 is 17.6 Å². The SMILES string of the molecule is CCCn1ccnc1CNS(=O)(=O)c1cccc(C(=O)NCCF)c1. The maximum absolute atomic E-state index is 12.4. The smallest absolute Gasteiger partial charge is 0.251 e. The monoisotopic (exact) mass is 368 g/mol. The number of hydrogen-bond acceptors (Lipinski definition) is 4. The van der Waals surface area contributed by atoms with Crippen molar-refractivity contribution in [1.29, 1.82) is 0 Å². The molecule has 0 radical (unpaired) electrons. The summed E-state index contributed by atoms with van der Waals surface area (Å²) >= 11 is 0. The van der Waals surface area contributed by atoms with Crippen LogP contribution in [0.15, 0.2) is 41.6 Å². The Bertz CT molecular complexity index is 820. The lowest BCUT2D eigenvalue weighted by Crippen LogP contribution is -2.27. The minimum Gasteiger partial charge on any atom is -0.349 e. The van der Waals surface area contributed by atoms with Crippen LogP contribution in [0.2, 0.25) is 0 Å². The molecule has 1 amide bonds. The van der Waals surface area contributed by atoms with Crippen molar-refractivity contribution >= 4 is 15.9 Å². The number of aromatic nitrogens is 2. The molecule has 136 valence electrons. The van der Waals surface area contributed by atoms with Gasteiger partial charge in [-0.3, -0.25) is 4.79 Å². The fourth-order valence-corrected chi connectivity index (χ4v) is 3.29. The Morgan fingerprint density at radius 2 is 2.16 bits per heavy atom. The number of nitrogens with one attached hydrogen (secondary N) is 2. The van der Waals surface area contributed by atoms with E-state index in [0.717, 1.165) is 13.0 Å². The predicted molar refractivity (Wildman–Crippen MR) is 91.3 cm³/mol. The molecule has 0 aliphatic rings. The first-order chi connectivity index (χ1) is 12.0. The highest BCUT2D eigenvalue weighted by atomic mass is 32.2. The van der Waals surface area contributed by atoms with E-state index in [4.69, 9.17) is 0 Å². The molecular formula is C16H21FN4O3S. The van der Waals surface area contributed by atoms with Gasteiger partial charge in [0.1, 0.15) is 12.5 Å². The molecular weight excluding hydrogens is 347 g/mol. The Hall–Kier alpha value is -2.26. The van der Waals surface area contributed by atoms with E-state index < -0.39 is 22.6 Å². The van der Waals surface area contributed by atoms with Crippen molar-refractivity contribution in [3.8, 4) is 0 Å². The molecule has 0 fully saturated rings. The first-order valence-electron chi connectivity index (χ1n) is 7.92. The van der Waals surface area contributed by atoms with Gasteiger partial charge in [-0.05, 0) is 24.6 Å². The Balaban J connectivity index is 2.11. The Labute approximate surface area is 146 Å². The molecule has 0 bridgehead atoms. The highest BCUT2D eigenvalue weighted by Gasteiger charge is 2.17. The highest BCUT2D eigenvalue weighted by Crippen LogP contribution is 2.12. The quantitative estimate of drug-likeness (QED) is 0.701. The summed E-state index contributed by atoms with van der Waals surface area (Å²) < 4.78 is 41.4. The third-order valence-electron chi connectivity index (χ3n) is 3.47. The standard InChI is InChI=1S/C16H21FN4O3S/c1-2-9-21-10-8-18-15(21)12-20-25(23,24)14-5-3-4-13(11-14)16(22)19-7-6-17/h3-5,8,10-11,20H,2,6-7,9,12H2,1H3,(H,19,22). The summed E-state index contributed by atoms with van der Waals surface area (Å²) in [5.74, 6) is 0.0930. The van der Waals surface area contributed by atoms with Crippen molar-refractivity contribution in [2.24, 2.45) is 0 Å². The molecule has 9 heteroatoms. The molecule has 0 spiro atoms. The Morgan fingerprint density at radius 3 is 2.88 bits per heavy atom. The maximum atomic E-state index is 12.4. The number of carbonyl (C=O) groups is 1. The van der Waals surface area contributed by atoms with Crippen LogP contribution in [0.25, 0.3) is 0 Å². The summed E-state index contributed by atoms with van der Waals surface area (Å²) in [5.41, 5.74) is 0.156. The van der Waals surface area contributed by atoms with Crippen LogP contribution in [0.5, 0.6) is 0 Å². The van der Waals surface area contributed by atoms with Gasteiger partial charge in [-0.15, -0.1) is 0 Å². The van der Waals surface area contributed by atoms with Gasteiger partial charge < -0.3 is 9.88 Å². The molecule has 0 aliphatic carbocycles. The van der Waals surface area contributed by atoms with Gasteiger partial charge in [-0.25, -0.2) is 22.5 Å². The topological polar surface area (TPSA) is 93.1 Å². The van der Waals surface area contributed by atoms with Gasteiger partial charge in [-0.1, -0.05) is 13.0 Å². The zero-order valence-electron chi connectivity index (χ0n) is 13.9. The van der Waals surface area contributed by atoms with Gasteiger partial charge in [-0.2, -0.15) is 0 Å². The number of alkyl halides is 1. The van der Waals surface area contributed by atoms with Gasteiger partial charge in [0.2, 0.25) is 10.0 Å². The highest BCUT2D eigenvalue weighted by molar-refractivity contribution is 7.89. The van der Waals surface area contributed by atoms with E-state index in [-0.39, 0.29) is 23.5 Å². The molecule has 25 heavy (non-hydrogen) atoms. The van der Waals surface area contributed by atoms with Crippen molar-refractivity contribution in [3.05, 3.63) is 48.0 Å². The van der Waals surface area contributed by atoms with Crippen LogP contribution in [0.4, 0.5) is 4.39 Å². The molecule has 0 saturated heterocycles. The normalized spacial score (nSPS) is 11.4. The van der Waals surface area contributed by atoms with E-state index in [1.54, 1.807) is 12.4 Å². The number of sulfonamides is 1. The van der Waals surface area contributed by atoms with Gasteiger partial charge in [0, 0.05) is 31.0 Å². The lowest BCUT2D eigenvalue weighted by molar-refractivity contribution is 0.0950. The summed E-state index contributed by atoms with van der Waals surface area (Å²) in [4.78, 5) is 16.0. The molecule has 0 unspecified atom stereocenters. The van der Waals surface area contributed by atoms with Crippen molar-refractivity contribution in [1.82, 2.24) is 19.6 Å². The summed E-state index contributed by atoms with van der Waals surface area (Å²) in [7, 11) is -3.80. The van der Waals surface area contributed by atoms with Crippen molar-refractivity contribution in [2.75, 3.05) is 13.2 Å². The average Bonchev–Trinajstić information content (AvgIpc) is 3.06. The number of rotatable bonds is 9. The first-order valence-corrected chi connectivity index (χ1v) is 9.40. The number of imidazole rings is 1. The first kappa shape index (κ1) is 19.1. The molecule has 2 rings (SSSR count). The molecule has 2 aromatic rings. The average molecular weight is 368 g/mol. The molecule has 1 aromatic carbocycles. The Kier molecular flexibility index (Phi) is 6.65. The van der Waals surface area contributed by atoms with Crippen molar-refractivity contribution in [3.63, 3.8) is 0 Å². The second kappa shape index (κ2) is 8.72. The summed E-state index contributed by atoms with van der Waals surface area (Å²) in [5, 5.41) is 2.36. The van der Waals surface area contributed by atoms with E-state index in [2.05, 4.69) is 15.0 Å². The van der Waals surface area contributed by atoms with Crippen molar-refractivity contribution in [2.45, 2.75) is 31.3 Å². The van der Waals surface area contributed by atoms with Gasteiger partial charge in [0.05, 0.1) is 11.4 Å². The lowest BCUT2D eigenvalue weighted by Gasteiger charge is -2.10. The van der Waals surface area contributed by atoms with Crippen LogP contribution >= 0.6 is 0 Å². The number of benzene rings is 1. The summed E-state index contributed by atoms with van der Waals surface area (Å²) in [6.07, 6.45) is 4.32. The predicted octanol–water partition coefficient (Wildman–Crippen LogP) is 1.47. The molecule has 1 aromatic heterocycles. The largest absolute Gasteiger partial charge is 0.349 e. The second-order valence-corrected chi connectivity index (χ2v) is 7.10. The third-order valence-corrected chi connectivity index (χ3v) is 4.87. The summed E-state index contributed by atoms with van der Waals surface area (Å²) in [6.45, 7) is 2.02. The number of nitrogens with zero attached hydrogens (tertiary/aromatic N) is 2. The van der Waals surface area contributed by atoms with E-state index in [0.29, 0.717) is 5.82 Å². The van der Waals surface area contributed by atoms with Crippen LogP contribution in [0.1, 0.15) is 29.5 Å². The molecule has 2 N–H and O–H groups in total. The minimum atomic E-state index is -3.80. The molecule has 1 heterocycles. The van der Waals surface area contributed by atoms with Crippen LogP contribution < -0.4 is 10.0 Å². The number of amides is 1. The Morgan fingerprint density at radius 1 is 1.36 bits per heavy atom. The molecule has 0 saturated carbocycles. The van der Waals surface area contributed by atoms with Crippen LogP contribution in [-0.2, 0) is 23.1 Å². The van der Waals surface area contributed by atoms with E-state index >= 15 is 0 Å². The molecule has 0 atom stereocenters. The fourth-order valence-electron chi connectivity index (χ4n) is 2.26. The van der Waals surface area contributed by atoms with Gasteiger partial charge in [0.15, 0.2) is 0 Å². The molecule has 0 aliphatic heterocycles. The van der Waals surface area contributed by atoms with E-state index in [1.165, 1.54) is 24.3 Å². The number of aryl methyl sites for hydroxylation is 1. The zero-order valence-corrected chi connectivity index (χ0v) is 14.7. The summed E-state index contributed by atoms with van der Waals surface area (Å²) in [6, 6.07) is 5.60. The maximum Gasteiger partial charge on any atom is 0.251 e. The van der Waals surface area contributed by atoms with Crippen LogP contribution in [-0.4, -0.2) is 37.1 Å². The fraction of sp³-hybridized carbons (Fsp3) is 0.375. The zero-order chi connectivity index (χ0) is 18.3. The van der Waals surface area contributed by atoms with Crippen LogP contribution in [0.3, 0.4) is 0 Å². The number of halogens is 1. The third kappa shape index (κ3) is 5.10. The number of hydrogen-bond donors (Lipinski definition) is 2. The van der Waals surface area contributed by atoms with E-state index in [9.17, 15) is 17.6 Å². The second-order valence-electron chi connectivity index (χ2n) is 5.33. The molecule has 7 nitrogen and oxygen atoms in total. The lowest BCUT2D eigenvalue weighted by atomic mass is 10.2. The van der Waals surface area contributed by atoms with Gasteiger partial charge in [0.25, 0.3) is 5.91 Å². The van der Waals surface area contributed by atoms with E-state index in [1.807, 2.05) is 11.5 Å². The van der Waals surface area contributed by atoms with Crippen LogP contribution in [0, 0.1) is 0 Å².